The van der Waals surface area contributed by atoms with Crippen molar-refractivity contribution in [3.05, 3.63) is 69.0 Å². The molecule has 0 saturated carbocycles. The lowest BCUT2D eigenvalue weighted by Crippen LogP contribution is -2.33. The average Bonchev–Trinajstić information content (AvgIpc) is 3.34. The molecule has 1 amide bonds. The van der Waals surface area contributed by atoms with Crippen molar-refractivity contribution in [2.75, 3.05) is 27.3 Å². The molecule has 1 aliphatic rings. The molecule has 188 valence electrons. The van der Waals surface area contributed by atoms with Crippen LogP contribution in [0.2, 0.25) is 10.0 Å². The summed E-state index contributed by atoms with van der Waals surface area (Å²) in [7, 11) is 3.02. The van der Waals surface area contributed by atoms with Gasteiger partial charge in [0.1, 0.15) is 0 Å². The lowest BCUT2D eigenvalue weighted by molar-refractivity contribution is -0.125. The Bertz CT molecular complexity index is 1280. The van der Waals surface area contributed by atoms with Gasteiger partial charge in [-0.25, -0.2) is 0 Å². The molecule has 0 spiro atoms. The van der Waals surface area contributed by atoms with Gasteiger partial charge in [0, 0.05) is 33.3 Å². The first-order valence-corrected chi connectivity index (χ1v) is 12.0. The quantitative estimate of drug-likeness (QED) is 0.318. The van der Waals surface area contributed by atoms with Crippen molar-refractivity contribution in [2.45, 2.75) is 13.0 Å². The molecule has 11 heteroatoms. The number of ether oxygens (including phenoxy) is 3. The van der Waals surface area contributed by atoms with Crippen LogP contribution in [0.25, 0.3) is 17.5 Å². The second kappa shape index (κ2) is 11.7. The minimum absolute atomic E-state index is 0.0368. The number of carbonyl (C=O) groups excluding carboxylic acids is 1. The number of benzene rings is 2. The number of halogens is 3. The van der Waals surface area contributed by atoms with Gasteiger partial charge < -0.3 is 23.5 Å². The van der Waals surface area contributed by atoms with Crippen molar-refractivity contribution >= 4 is 46.8 Å². The molecule has 2 aromatic carbocycles. The van der Waals surface area contributed by atoms with E-state index >= 15 is 0 Å². The molecule has 1 aromatic heterocycles. The molecule has 0 bridgehead atoms. The Morgan fingerprint density at radius 1 is 1.06 bits per heavy atom. The van der Waals surface area contributed by atoms with E-state index in [1.807, 2.05) is 6.08 Å². The van der Waals surface area contributed by atoms with Gasteiger partial charge in [-0.1, -0.05) is 40.9 Å². The molecule has 0 atom stereocenters. The van der Waals surface area contributed by atoms with E-state index in [0.29, 0.717) is 56.5 Å². The van der Waals surface area contributed by atoms with E-state index in [1.165, 1.54) is 20.3 Å². The zero-order valence-electron chi connectivity index (χ0n) is 19.5. The van der Waals surface area contributed by atoms with E-state index in [-0.39, 0.29) is 24.3 Å². The number of nitrogens with zero attached hydrogens (tertiary/aromatic N) is 3. The molecule has 4 rings (SSSR count). The van der Waals surface area contributed by atoms with Crippen LogP contribution in [0.3, 0.4) is 0 Å². The summed E-state index contributed by atoms with van der Waals surface area (Å²) in [5, 5.41) is 9.62. The van der Waals surface area contributed by atoms with Crippen LogP contribution in [0.5, 0.6) is 17.2 Å². The molecular weight excluding hydrogens is 529 g/mol. The Balaban J connectivity index is 1.48. The Morgan fingerprint density at radius 3 is 2.39 bits per heavy atom. The Morgan fingerprint density at radius 2 is 1.75 bits per heavy atom. The molecule has 1 aliphatic heterocycles. The van der Waals surface area contributed by atoms with Crippen molar-refractivity contribution in [2.24, 2.45) is 0 Å². The topological polar surface area (TPSA) is 86.9 Å². The SMILES string of the molecule is COc1cc(/C=C/C(=O)N2CCC=C(Cl)C2)cc(OC)c1OCc1nnc(-c2cc(Cl)cc(Cl)c2)o1. The highest BCUT2D eigenvalue weighted by atomic mass is 35.5. The number of methoxy groups -OCH3 is 2. The number of hydrogen-bond acceptors (Lipinski definition) is 7. The minimum atomic E-state index is -0.132. The van der Waals surface area contributed by atoms with Crippen molar-refractivity contribution in [1.82, 2.24) is 15.1 Å². The second-order valence-electron chi connectivity index (χ2n) is 7.74. The molecule has 0 N–H and O–H groups in total. The molecule has 8 nitrogen and oxygen atoms in total. The van der Waals surface area contributed by atoms with E-state index in [4.69, 9.17) is 53.4 Å². The first-order chi connectivity index (χ1) is 17.4. The predicted molar refractivity (Wildman–Crippen MR) is 138 cm³/mol. The molecule has 2 heterocycles. The molecule has 0 saturated heterocycles. The maximum atomic E-state index is 12.5. The van der Waals surface area contributed by atoms with Gasteiger partial charge in [-0.2, -0.15) is 0 Å². The first kappa shape index (κ1) is 25.9. The Kier molecular flexibility index (Phi) is 8.40. The maximum Gasteiger partial charge on any atom is 0.254 e. The summed E-state index contributed by atoms with van der Waals surface area (Å²) in [5.74, 6) is 1.52. The van der Waals surface area contributed by atoms with Crippen LogP contribution < -0.4 is 14.2 Å². The van der Waals surface area contributed by atoms with Crippen LogP contribution in [0.1, 0.15) is 17.9 Å². The summed E-state index contributed by atoms with van der Waals surface area (Å²) >= 11 is 18.2. The standard InChI is InChI=1S/C25H22Cl3N3O5/c1-33-20-8-15(5-6-23(32)31-7-3-4-17(26)13-31)9-21(34-2)24(20)35-14-22-29-30-25(36-22)16-10-18(27)12-19(28)11-16/h4-6,8-12H,3,7,13-14H2,1-2H3/b6-5+. The summed E-state index contributed by atoms with van der Waals surface area (Å²) < 4.78 is 22.6. The van der Waals surface area contributed by atoms with E-state index in [2.05, 4.69) is 10.2 Å². The van der Waals surface area contributed by atoms with Gasteiger partial charge in [0.2, 0.25) is 17.5 Å². The van der Waals surface area contributed by atoms with Gasteiger partial charge in [0.05, 0.1) is 20.8 Å². The van der Waals surface area contributed by atoms with Gasteiger partial charge in [0.15, 0.2) is 18.1 Å². The van der Waals surface area contributed by atoms with Gasteiger partial charge in [-0.15, -0.1) is 10.2 Å². The molecule has 0 radical (unpaired) electrons. The normalized spacial score (nSPS) is 13.6. The molecular formula is C25H22Cl3N3O5. The third-order valence-corrected chi connectivity index (χ3v) is 5.95. The predicted octanol–water partition coefficient (Wildman–Crippen LogP) is 6.01. The van der Waals surface area contributed by atoms with E-state index < -0.39 is 0 Å². The fourth-order valence-corrected chi connectivity index (χ4v) is 4.32. The number of rotatable bonds is 8. The zero-order chi connectivity index (χ0) is 25.7. The lowest BCUT2D eigenvalue weighted by Gasteiger charge is -2.23. The fraction of sp³-hybridized carbons (Fsp3) is 0.240. The number of amides is 1. The molecule has 0 unspecified atom stereocenters. The fourth-order valence-electron chi connectivity index (χ4n) is 3.54. The largest absolute Gasteiger partial charge is 0.493 e. The number of hydrogen-bond donors (Lipinski definition) is 0. The van der Waals surface area contributed by atoms with E-state index in [9.17, 15) is 4.79 Å². The number of carbonyl (C=O) groups is 1. The van der Waals surface area contributed by atoms with Gasteiger partial charge in [-0.05, 0) is 48.4 Å². The minimum Gasteiger partial charge on any atom is -0.493 e. The monoisotopic (exact) mass is 549 g/mol. The highest BCUT2D eigenvalue weighted by Gasteiger charge is 2.18. The van der Waals surface area contributed by atoms with Crippen molar-refractivity contribution in [3.63, 3.8) is 0 Å². The van der Waals surface area contributed by atoms with Crippen LogP contribution in [0.15, 0.2) is 51.9 Å². The van der Waals surface area contributed by atoms with Crippen LogP contribution in [-0.4, -0.2) is 48.3 Å². The van der Waals surface area contributed by atoms with Crippen LogP contribution >= 0.6 is 34.8 Å². The first-order valence-electron chi connectivity index (χ1n) is 10.9. The van der Waals surface area contributed by atoms with Gasteiger partial charge >= 0.3 is 0 Å². The smallest absolute Gasteiger partial charge is 0.254 e. The maximum absolute atomic E-state index is 12.5. The van der Waals surface area contributed by atoms with E-state index in [1.54, 1.807) is 41.3 Å². The Labute approximate surface area is 223 Å². The highest BCUT2D eigenvalue weighted by Crippen LogP contribution is 2.39. The van der Waals surface area contributed by atoms with E-state index in [0.717, 1.165) is 6.42 Å². The molecule has 3 aromatic rings. The summed E-state index contributed by atoms with van der Waals surface area (Å²) in [6, 6.07) is 8.42. The molecule has 0 fully saturated rings. The highest BCUT2D eigenvalue weighted by molar-refractivity contribution is 6.35. The average molecular weight is 551 g/mol. The van der Waals surface area contributed by atoms with Crippen molar-refractivity contribution in [1.29, 1.82) is 0 Å². The third kappa shape index (κ3) is 6.32. The molecule has 36 heavy (non-hydrogen) atoms. The summed E-state index contributed by atoms with van der Waals surface area (Å²) in [4.78, 5) is 14.2. The number of aromatic nitrogens is 2. The van der Waals surface area contributed by atoms with Crippen LogP contribution in [-0.2, 0) is 11.4 Å². The summed E-state index contributed by atoms with van der Waals surface area (Å²) in [5.41, 5.74) is 1.29. The van der Waals surface area contributed by atoms with Crippen molar-refractivity contribution < 1.29 is 23.4 Å². The molecule has 0 aliphatic carbocycles. The zero-order valence-corrected chi connectivity index (χ0v) is 21.7. The van der Waals surface area contributed by atoms with Gasteiger partial charge in [-0.3, -0.25) is 4.79 Å². The summed E-state index contributed by atoms with van der Waals surface area (Å²) in [6.07, 6.45) is 5.84. The summed E-state index contributed by atoms with van der Waals surface area (Å²) in [6.45, 7) is 0.997. The van der Waals surface area contributed by atoms with Crippen LogP contribution in [0, 0.1) is 0 Å². The Hall–Kier alpha value is -3.20. The second-order valence-corrected chi connectivity index (χ2v) is 9.09. The third-order valence-electron chi connectivity index (χ3n) is 5.24. The lowest BCUT2D eigenvalue weighted by atomic mass is 10.1. The van der Waals surface area contributed by atoms with Crippen molar-refractivity contribution in [3.8, 4) is 28.7 Å². The van der Waals surface area contributed by atoms with Gasteiger partial charge in [0.25, 0.3) is 5.89 Å². The van der Waals surface area contributed by atoms with Crippen LogP contribution in [0.4, 0.5) is 0 Å².